The molecular formula is C8H13NO3. The Morgan fingerprint density at radius 3 is 2.67 bits per heavy atom. The minimum absolute atomic E-state index is 0.221. The molecule has 1 heterocycles. The van der Waals surface area contributed by atoms with Gasteiger partial charge < -0.3 is 9.47 Å². The van der Waals surface area contributed by atoms with Crippen LogP contribution in [-0.2, 0) is 14.3 Å². The summed E-state index contributed by atoms with van der Waals surface area (Å²) in [6.45, 7) is 1.98. The quantitative estimate of drug-likeness (QED) is 0.543. The van der Waals surface area contributed by atoms with Crippen LogP contribution in [0.2, 0.25) is 0 Å². The first-order valence-corrected chi connectivity index (χ1v) is 3.88. The van der Waals surface area contributed by atoms with Gasteiger partial charge in [-0.05, 0) is 6.42 Å². The van der Waals surface area contributed by atoms with Crippen LogP contribution in [0.1, 0.15) is 13.3 Å². The molecule has 0 radical (unpaired) electrons. The molecule has 0 N–H and O–H groups in total. The lowest BCUT2D eigenvalue weighted by molar-refractivity contribution is -0.142. The maximum atomic E-state index is 11.0. The van der Waals surface area contributed by atoms with Gasteiger partial charge in [-0.25, -0.2) is 9.79 Å². The molecule has 0 saturated heterocycles. The van der Waals surface area contributed by atoms with Crippen LogP contribution < -0.4 is 0 Å². The van der Waals surface area contributed by atoms with Crippen molar-refractivity contribution in [1.29, 1.82) is 0 Å². The summed E-state index contributed by atoms with van der Waals surface area (Å²) in [5.41, 5.74) is 0. The first-order chi connectivity index (χ1) is 5.69. The van der Waals surface area contributed by atoms with Crippen molar-refractivity contribution in [3.8, 4) is 0 Å². The average Bonchev–Trinajstić information content (AvgIpc) is 2.45. The van der Waals surface area contributed by atoms with Crippen molar-refractivity contribution in [1.82, 2.24) is 0 Å². The number of ether oxygens (including phenoxy) is 2. The lowest BCUT2D eigenvalue weighted by atomic mass is 10.1. The summed E-state index contributed by atoms with van der Waals surface area (Å²) in [6, 6.07) is -0.361. The minimum Gasteiger partial charge on any atom is -0.484 e. The third-order valence-electron chi connectivity index (χ3n) is 1.96. The van der Waals surface area contributed by atoms with E-state index in [2.05, 4.69) is 9.73 Å². The number of hydrogen-bond donors (Lipinski definition) is 0. The van der Waals surface area contributed by atoms with Gasteiger partial charge in [0.2, 0.25) is 0 Å². The Morgan fingerprint density at radius 2 is 2.25 bits per heavy atom. The normalized spacial score (nSPS) is 28.1. The molecule has 0 aromatic heterocycles. The highest BCUT2D eigenvalue weighted by Crippen LogP contribution is 2.20. The molecule has 2 atom stereocenters. The molecule has 12 heavy (non-hydrogen) atoms. The second kappa shape index (κ2) is 3.56. The van der Waals surface area contributed by atoms with Gasteiger partial charge in [0.05, 0.1) is 14.2 Å². The zero-order valence-electron chi connectivity index (χ0n) is 7.53. The van der Waals surface area contributed by atoms with Crippen molar-refractivity contribution >= 4 is 11.9 Å². The Kier molecular flexibility index (Phi) is 2.68. The average molecular weight is 171 g/mol. The molecule has 0 amide bonds. The van der Waals surface area contributed by atoms with Crippen LogP contribution in [0.5, 0.6) is 0 Å². The Morgan fingerprint density at radius 1 is 1.58 bits per heavy atom. The molecule has 0 saturated carbocycles. The van der Waals surface area contributed by atoms with E-state index in [1.54, 1.807) is 7.11 Å². The number of rotatable bonds is 1. The van der Waals surface area contributed by atoms with Gasteiger partial charge in [-0.2, -0.15) is 0 Å². The number of esters is 1. The van der Waals surface area contributed by atoms with Gasteiger partial charge >= 0.3 is 5.97 Å². The molecular weight excluding hydrogens is 158 g/mol. The van der Waals surface area contributed by atoms with E-state index in [0.29, 0.717) is 12.3 Å². The largest absolute Gasteiger partial charge is 0.484 e. The fourth-order valence-corrected chi connectivity index (χ4v) is 1.31. The predicted molar refractivity (Wildman–Crippen MR) is 44.0 cm³/mol. The van der Waals surface area contributed by atoms with E-state index in [4.69, 9.17) is 4.74 Å². The molecule has 68 valence electrons. The highest BCUT2D eigenvalue weighted by Gasteiger charge is 2.31. The lowest BCUT2D eigenvalue weighted by Gasteiger charge is -2.03. The van der Waals surface area contributed by atoms with Gasteiger partial charge in [0.1, 0.15) is 0 Å². The Hall–Kier alpha value is -1.06. The van der Waals surface area contributed by atoms with Crippen LogP contribution in [0.3, 0.4) is 0 Å². The zero-order valence-corrected chi connectivity index (χ0v) is 7.53. The van der Waals surface area contributed by atoms with Crippen LogP contribution in [0.25, 0.3) is 0 Å². The summed E-state index contributed by atoms with van der Waals surface area (Å²) in [4.78, 5) is 15.1. The molecule has 0 fully saturated rings. The minimum atomic E-state index is -0.361. The standard InChI is InChI=1S/C8H13NO3/c1-5-4-6(8(10)12-3)9-7(5)11-2/h5-6H,4H2,1-3H3/t5?,6-/m0/s1. The van der Waals surface area contributed by atoms with Crippen LogP contribution in [0.4, 0.5) is 0 Å². The zero-order chi connectivity index (χ0) is 9.14. The number of carbonyl (C=O) groups excluding carboxylic acids is 1. The Labute approximate surface area is 71.6 Å². The molecule has 1 unspecified atom stereocenters. The molecule has 0 bridgehead atoms. The summed E-state index contributed by atoms with van der Waals surface area (Å²) in [6.07, 6.45) is 0.690. The van der Waals surface area contributed by atoms with Crippen molar-refractivity contribution in [2.75, 3.05) is 14.2 Å². The fourth-order valence-electron chi connectivity index (χ4n) is 1.31. The summed E-state index contributed by atoms with van der Waals surface area (Å²) in [5, 5.41) is 0. The van der Waals surface area contributed by atoms with Gasteiger partial charge in [0.25, 0.3) is 0 Å². The van der Waals surface area contributed by atoms with E-state index >= 15 is 0 Å². The molecule has 4 heteroatoms. The lowest BCUT2D eigenvalue weighted by Crippen LogP contribution is -2.18. The van der Waals surface area contributed by atoms with Gasteiger partial charge in [0, 0.05) is 5.92 Å². The maximum absolute atomic E-state index is 11.0. The van der Waals surface area contributed by atoms with Gasteiger partial charge in [-0.15, -0.1) is 0 Å². The van der Waals surface area contributed by atoms with Gasteiger partial charge in [0.15, 0.2) is 11.9 Å². The maximum Gasteiger partial charge on any atom is 0.330 e. The summed E-state index contributed by atoms with van der Waals surface area (Å²) in [7, 11) is 2.93. The van der Waals surface area contributed by atoms with Crippen molar-refractivity contribution in [2.24, 2.45) is 10.9 Å². The van der Waals surface area contributed by atoms with Crippen molar-refractivity contribution in [2.45, 2.75) is 19.4 Å². The highest BCUT2D eigenvalue weighted by atomic mass is 16.5. The second-order valence-electron chi connectivity index (χ2n) is 2.85. The Balaban J connectivity index is 2.63. The van der Waals surface area contributed by atoms with E-state index < -0.39 is 0 Å². The highest BCUT2D eigenvalue weighted by molar-refractivity contribution is 5.87. The monoisotopic (exact) mass is 171 g/mol. The van der Waals surface area contributed by atoms with E-state index in [9.17, 15) is 4.79 Å². The molecule has 1 rings (SSSR count). The van der Waals surface area contributed by atoms with Crippen LogP contribution in [0, 0.1) is 5.92 Å². The SMILES string of the molecule is COC(=O)[C@@H]1CC(C)C(OC)=N1. The van der Waals surface area contributed by atoms with Crippen LogP contribution >= 0.6 is 0 Å². The summed E-state index contributed by atoms with van der Waals surface area (Å²) < 4.78 is 9.56. The van der Waals surface area contributed by atoms with Crippen molar-refractivity contribution in [3.63, 3.8) is 0 Å². The molecule has 1 aliphatic rings. The smallest absolute Gasteiger partial charge is 0.330 e. The third kappa shape index (κ3) is 1.57. The van der Waals surface area contributed by atoms with Crippen LogP contribution in [0.15, 0.2) is 4.99 Å². The van der Waals surface area contributed by atoms with Gasteiger partial charge in [-0.3, -0.25) is 0 Å². The molecule has 0 aliphatic carbocycles. The third-order valence-corrected chi connectivity index (χ3v) is 1.96. The van der Waals surface area contributed by atoms with Crippen molar-refractivity contribution in [3.05, 3.63) is 0 Å². The Bertz CT molecular complexity index is 212. The molecule has 1 aliphatic heterocycles. The fraction of sp³-hybridized carbons (Fsp3) is 0.750. The number of aliphatic imine (C=N–C) groups is 1. The molecule has 4 nitrogen and oxygen atoms in total. The predicted octanol–water partition coefficient (Wildman–Crippen LogP) is 0.613. The van der Waals surface area contributed by atoms with E-state index in [-0.39, 0.29) is 17.9 Å². The number of hydrogen-bond acceptors (Lipinski definition) is 4. The first kappa shape index (κ1) is 9.03. The molecule has 0 aromatic rings. The van der Waals surface area contributed by atoms with E-state index in [0.717, 1.165) is 0 Å². The van der Waals surface area contributed by atoms with Gasteiger partial charge in [-0.1, -0.05) is 6.92 Å². The van der Waals surface area contributed by atoms with E-state index in [1.165, 1.54) is 7.11 Å². The summed E-state index contributed by atoms with van der Waals surface area (Å²) in [5.74, 6) is 0.582. The van der Waals surface area contributed by atoms with Crippen LogP contribution in [-0.4, -0.2) is 32.1 Å². The second-order valence-corrected chi connectivity index (χ2v) is 2.85. The summed E-state index contributed by atoms with van der Waals surface area (Å²) >= 11 is 0. The van der Waals surface area contributed by atoms with Crippen molar-refractivity contribution < 1.29 is 14.3 Å². The first-order valence-electron chi connectivity index (χ1n) is 3.88. The number of carbonyl (C=O) groups is 1. The van der Waals surface area contributed by atoms with E-state index in [1.807, 2.05) is 6.92 Å². The molecule has 0 aromatic carbocycles. The topological polar surface area (TPSA) is 47.9 Å². The number of nitrogens with zero attached hydrogens (tertiary/aromatic N) is 1. The molecule has 0 spiro atoms. The number of methoxy groups -OCH3 is 2.